The summed E-state index contributed by atoms with van der Waals surface area (Å²) < 4.78 is 0. The molecule has 0 aromatic rings. The van der Waals surface area contributed by atoms with E-state index in [0.717, 1.165) is 6.54 Å². The molecule has 1 unspecified atom stereocenters. The van der Waals surface area contributed by atoms with Gasteiger partial charge in [-0.15, -0.1) is 0 Å². The van der Waals surface area contributed by atoms with E-state index in [-0.39, 0.29) is 17.9 Å². The first kappa shape index (κ1) is 11.5. The van der Waals surface area contributed by atoms with Gasteiger partial charge in [0.2, 0.25) is 5.91 Å². The fraction of sp³-hybridized carbons (Fsp3) is 0.909. The normalized spacial score (nSPS) is 20.0. The summed E-state index contributed by atoms with van der Waals surface area (Å²) in [5.41, 5.74) is 0. The lowest BCUT2D eigenvalue weighted by molar-refractivity contribution is -0.124. The summed E-state index contributed by atoms with van der Waals surface area (Å²) in [6.45, 7) is 9.33. The first-order valence-corrected chi connectivity index (χ1v) is 5.62. The average Bonchev–Trinajstić information content (AvgIpc) is 2.56. The molecule has 1 rings (SSSR count). The van der Waals surface area contributed by atoms with Crippen molar-refractivity contribution in [2.24, 2.45) is 5.92 Å². The lowest BCUT2D eigenvalue weighted by atomic mass is 10.2. The zero-order valence-corrected chi connectivity index (χ0v) is 9.55. The van der Waals surface area contributed by atoms with Crippen LogP contribution in [0.3, 0.4) is 0 Å². The standard InChI is InChI=1S/C11H22N2O/c1-9(2)11(14)12-10(3)8-13-6-4-5-7-13/h9-10H,4-8H2,1-3H3,(H,12,14). The van der Waals surface area contributed by atoms with Crippen molar-refractivity contribution >= 4 is 5.91 Å². The van der Waals surface area contributed by atoms with Crippen LogP contribution in [-0.2, 0) is 4.79 Å². The molecule has 0 spiro atoms. The van der Waals surface area contributed by atoms with Gasteiger partial charge in [0.15, 0.2) is 0 Å². The maximum absolute atomic E-state index is 11.4. The molecule has 1 N–H and O–H groups in total. The van der Waals surface area contributed by atoms with Gasteiger partial charge < -0.3 is 10.2 Å². The molecule has 3 nitrogen and oxygen atoms in total. The topological polar surface area (TPSA) is 32.3 Å². The highest BCUT2D eigenvalue weighted by molar-refractivity contribution is 5.78. The summed E-state index contributed by atoms with van der Waals surface area (Å²) in [4.78, 5) is 13.8. The van der Waals surface area contributed by atoms with Gasteiger partial charge in [-0.25, -0.2) is 0 Å². The lowest BCUT2D eigenvalue weighted by Gasteiger charge is -2.21. The van der Waals surface area contributed by atoms with Crippen LogP contribution in [0, 0.1) is 5.92 Å². The predicted octanol–water partition coefficient (Wildman–Crippen LogP) is 1.24. The quantitative estimate of drug-likeness (QED) is 0.737. The molecule has 82 valence electrons. The second kappa shape index (κ2) is 5.35. The molecule has 0 radical (unpaired) electrons. The summed E-state index contributed by atoms with van der Waals surface area (Å²) in [6, 6.07) is 0.281. The average molecular weight is 198 g/mol. The van der Waals surface area contributed by atoms with E-state index in [1.54, 1.807) is 0 Å². The molecule has 1 aliphatic heterocycles. The first-order valence-electron chi connectivity index (χ1n) is 5.62. The summed E-state index contributed by atoms with van der Waals surface area (Å²) in [7, 11) is 0. The maximum Gasteiger partial charge on any atom is 0.222 e. The fourth-order valence-corrected chi connectivity index (χ4v) is 1.81. The molecule has 1 fully saturated rings. The smallest absolute Gasteiger partial charge is 0.222 e. The Morgan fingerprint density at radius 1 is 1.29 bits per heavy atom. The summed E-state index contributed by atoms with van der Waals surface area (Å²) >= 11 is 0. The van der Waals surface area contributed by atoms with Crippen LogP contribution in [0.5, 0.6) is 0 Å². The van der Waals surface area contributed by atoms with Crippen LogP contribution in [0.25, 0.3) is 0 Å². The van der Waals surface area contributed by atoms with Gasteiger partial charge >= 0.3 is 0 Å². The van der Waals surface area contributed by atoms with Gasteiger partial charge in [0.05, 0.1) is 0 Å². The number of carbonyl (C=O) groups excluding carboxylic acids is 1. The van der Waals surface area contributed by atoms with Gasteiger partial charge in [-0.3, -0.25) is 4.79 Å². The molecule has 1 aliphatic rings. The number of hydrogen-bond acceptors (Lipinski definition) is 2. The van der Waals surface area contributed by atoms with Crippen LogP contribution >= 0.6 is 0 Å². The highest BCUT2D eigenvalue weighted by atomic mass is 16.1. The Hall–Kier alpha value is -0.570. The van der Waals surface area contributed by atoms with E-state index in [9.17, 15) is 4.79 Å². The minimum absolute atomic E-state index is 0.0935. The Balaban J connectivity index is 2.20. The van der Waals surface area contributed by atoms with Crippen LogP contribution < -0.4 is 5.32 Å². The van der Waals surface area contributed by atoms with Gasteiger partial charge in [0.25, 0.3) is 0 Å². The van der Waals surface area contributed by atoms with Crippen molar-refractivity contribution in [1.82, 2.24) is 10.2 Å². The number of nitrogens with one attached hydrogen (secondary N) is 1. The highest BCUT2D eigenvalue weighted by Gasteiger charge is 2.16. The van der Waals surface area contributed by atoms with E-state index >= 15 is 0 Å². The van der Waals surface area contributed by atoms with Gasteiger partial charge in [0.1, 0.15) is 0 Å². The Morgan fingerprint density at radius 2 is 1.86 bits per heavy atom. The van der Waals surface area contributed by atoms with Crippen LogP contribution in [0.2, 0.25) is 0 Å². The number of likely N-dealkylation sites (tertiary alicyclic amines) is 1. The Morgan fingerprint density at radius 3 is 2.36 bits per heavy atom. The molecule has 14 heavy (non-hydrogen) atoms. The van der Waals surface area contributed by atoms with Crippen molar-refractivity contribution in [2.75, 3.05) is 19.6 Å². The molecule has 0 bridgehead atoms. The lowest BCUT2D eigenvalue weighted by Crippen LogP contribution is -2.42. The Bertz CT molecular complexity index is 186. The second-order valence-corrected chi connectivity index (χ2v) is 4.57. The molecule has 0 saturated carbocycles. The van der Waals surface area contributed by atoms with Crippen molar-refractivity contribution in [1.29, 1.82) is 0 Å². The number of nitrogens with zero attached hydrogens (tertiary/aromatic N) is 1. The SMILES string of the molecule is CC(CN1CCCC1)NC(=O)C(C)C. The molecular formula is C11H22N2O. The van der Waals surface area contributed by atoms with Crippen molar-refractivity contribution in [3.63, 3.8) is 0 Å². The van der Waals surface area contributed by atoms with Crippen LogP contribution in [0.1, 0.15) is 33.6 Å². The zero-order chi connectivity index (χ0) is 10.6. The monoisotopic (exact) mass is 198 g/mol. The third-order valence-corrected chi connectivity index (χ3v) is 2.64. The van der Waals surface area contributed by atoms with Crippen LogP contribution in [0.4, 0.5) is 0 Å². The van der Waals surface area contributed by atoms with Gasteiger partial charge in [0, 0.05) is 18.5 Å². The molecule has 1 saturated heterocycles. The second-order valence-electron chi connectivity index (χ2n) is 4.57. The number of amides is 1. The Kier molecular flexibility index (Phi) is 4.39. The van der Waals surface area contributed by atoms with Crippen molar-refractivity contribution in [3.05, 3.63) is 0 Å². The minimum atomic E-state index is 0.0935. The van der Waals surface area contributed by atoms with Crippen LogP contribution in [0.15, 0.2) is 0 Å². The van der Waals surface area contributed by atoms with E-state index < -0.39 is 0 Å². The zero-order valence-electron chi connectivity index (χ0n) is 9.55. The van der Waals surface area contributed by atoms with Gasteiger partial charge in [-0.1, -0.05) is 13.8 Å². The van der Waals surface area contributed by atoms with E-state index in [1.807, 2.05) is 13.8 Å². The van der Waals surface area contributed by atoms with Gasteiger partial charge in [-0.2, -0.15) is 0 Å². The summed E-state index contributed by atoms with van der Waals surface area (Å²) in [5.74, 6) is 0.257. The van der Waals surface area contributed by atoms with E-state index in [2.05, 4.69) is 17.1 Å². The molecule has 1 atom stereocenters. The number of rotatable bonds is 4. The first-order chi connectivity index (χ1) is 6.59. The molecule has 0 aromatic carbocycles. The van der Waals surface area contributed by atoms with Crippen molar-refractivity contribution in [2.45, 2.75) is 39.7 Å². The van der Waals surface area contributed by atoms with Crippen molar-refractivity contribution in [3.8, 4) is 0 Å². The molecule has 0 aliphatic carbocycles. The molecule has 0 aromatic heterocycles. The molecule has 1 amide bonds. The summed E-state index contributed by atoms with van der Waals surface area (Å²) in [5, 5.41) is 3.03. The van der Waals surface area contributed by atoms with Crippen LogP contribution in [-0.4, -0.2) is 36.5 Å². The predicted molar refractivity (Wildman–Crippen MR) is 58.1 cm³/mol. The molecular weight excluding hydrogens is 176 g/mol. The number of hydrogen-bond donors (Lipinski definition) is 1. The third-order valence-electron chi connectivity index (χ3n) is 2.64. The van der Waals surface area contributed by atoms with E-state index in [4.69, 9.17) is 0 Å². The Labute approximate surface area is 86.9 Å². The maximum atomic E-state index is 11.4. The number of carbonyl (C=O) groups is 1. The fourth-order valence-electron chi connectivity index (χ4n) is 1.81. The minimum Gasteiger partial charge on any atom is -0.352 e. The third kappa shape index (κ3) is 3.66. The molecule has 3 heteroatoms. The van der Waals surface area contributed by atoms with E-state index in [1.165, 1.54) is 25.9 Å². The summed E-state index contributed by atoms with van der Waals surface area (Å²) in [6.07, 6.45) is 2.62. The van der Waals surface area contributed by atoms with E-state index in [0.29, 0.717) is 0 Å². The van der Waals surface area contributed by atoms with Gasteiger partial charge in [-0.05, 0) is 32.9 Å². The highest BCUT2D eigenvalue weighted by Crippen LogP contribution is 2.07. The van der Waals surface area contributed by atoms with Crippen molar-refractivity contribution < 1.29 is 4.79 Å². The largest absolute Gasteiger partial charge is 0.352 e. The molecule has 1 heterocycles.